The minimum atomic E-state index is -3.95. The van der Waals surface area contributed by atoms with Crippen molar-refractivity contribution in [3.8, 4) is 0 Å². The molecule has 8 heteroatoms. The fraction of sp³-hybridized carbons (Fsp3) is 1.00. The lowest BCUT2D eigenvalue weighted by Crippen LogP contribution is -2.14. The van der Waals surface area contributed by atoms with Gasteiger partial charge in [0.05, 0.1) is 38.8 Å². The Morgan fingerprint density at radius 3 is 1.30 bits per heavy atom. The van der Waals surface area contributed by atoms with Crippen LogP contribution in [0.5, 0.6) is 0 Å². The molecule has 0 heterocycles. The lowest BCUT2D eigenvalue weighted by molar-refractivity contribution is -0.0728. The third kappa shape index (κ3) is 31.8. The minimum absolute atomic E-state index is 0.0358. The van der Waals surface area contributed by atoms with Gasteiger partial charge in [-0.05, 0) is 6.42 Å². The van der Waals surface area contributed by atoms with Crippen LogP contribution in [0.4, 0.5) is 0 Å². The highest BCUT2D eigenvalue weighted by Crippen LogP contribution is 2.13. The van der Waals surface area contributed by atoms with E-state index in [9.17, 15) is 8.42 Å². The lowest BCUT2D eigenvalue weighted by Gasteiger charge is -2.07. The molecule has 0 aliphatic heterocycles. The summed E-state index contributed by atoms with van der Waals surface area (Å²) in [6, 6.07) is 0. The zero-order valence-corrected chi connectivity index (χ0v) is 22.1. The quantitative estimate of drug-likeness (QED) is 0.0788. The monoisotopic (exact) mass is 496 g/mol. The molecule has 0 spiro atoms. The number of unbranched alkanes of at least 4 members (excludes halogenated alkanes) is 15. The summed E-state index contributed by atoms with van der Waals surface area (Å²) in [5.41, 5.74) is 0. The van der Waals surface area contributed by atoms with Gasteiger partial charge in [0.2, 0.25) is 0 Å². The van der Waals surface area contributed by atoms with Crippen LogP contribution in [0.3, 0.4) is 0 Å². The van der Waals surface area contributed by atoms with Crippen LogP contribution in [0.1, 0.15) is 110 Å². The largest absolute Gasteiger partial charge is 0.378 e. The molecule has 0 amide bonds. The Morgan fingerprint density at radius 2 is 0.848 bits per heavy atom. The first-order valence-electron chi connectivity index (χ1n) is 13.3. The number of rotatable bonds is 28. The van der Waals surface area contributed by atoms with E-state index in [2.05, 4.69) is 6.92 Å². The van der Waals surface area contributed by atoms with Crippen molar-refractivity contribution in [3.63, 3.8) is 0 Å². The summed E-state index contributed by atoms with van der Waals surface area (Å²) in [4.78, 5) is 0. The van der Waals surface area contributed by atoms with Gasteiger partial charge in [0, 0.05) is 6.61 Å². The molecule has 0 radical (unpaired) electrons. The summed E-state index contributed by atoms with van der Waals surface area (Å²) in [5, 5.41) is 0. The molecule has 0 atom stereocenters. The highest BCUT2D eigenvalue weighted by atomic mass is 32.2. The molecule has 1 N–H and O–H groups in total. The number of ether oxygens (including phenoxy) is 4. The van der Waals surface area contributed by atoms with Crippen molar-refractivity contribution in [1.29, 1.82) is 0 Å². The van der Waals surface area contributed by atoms with Crippen LogP contribution in [0.25, 0.3) is 0 Å². The molecule has 0 unspecified atom stereocenters. The minimum Gasteiger partial charge on any atom is -0.378 e. The Morgan fingerprint density at radius 1 is 0.485 bits per heavy atom. The van der Waals surface area contributed by atoms with E-state index in [1.54, 1.807) is 0 Å². The van der Waals surface area contributed by atoms with E-state index < -0.39 is 15.9 Å². The summed E-state index contributed by atoms with van der Waals surface area (Å²) < 4.78 is 50.6. The van der Waals surface area contributed by atoms with Gasteiger partial charge < -0.3 is 18.9 Å². The smallest absolute Gasteiger partial charge is 0.267 e. The molecule has 0 fully saturated rings. The van der Waals surface area contributed by atoms with Crippen molar-refractivity contribution in [2.75, 3.05) is 52.2 Å². The number of hydrogen-bond donors (Lipinski definition) is 1. The number of hydrogen-bond acceptors (Lipinski definition) is 6. The van der Waals surface area contributed by atoms with Crippen molar-refractivity contribution in [3.05, 3.63) is 0 Å². The van der Waals surface area contributed by atoms with E-state index in [1.165, 1.54) is 96.3 Å². The molecule has 0 saturated carbocycles. The maximum Gasteiger partial charge on any atom is 0.267 e. The van der Waals surface area contributed by atoms with Gasteiger partial charge in [-0.3, -0.25) is 4.55 Å². The zero-order chi connectivity index (χ0) is 24.3. The maximum atomic E-state index is 10.5. The first kappa shape index (κ1) is 32.8. The van der Waals surface area contributed by atoms with Crippen LogP contribution in [0.15, 0.2) is 0 Å². The molecule has 33 heavy (non-hydrogen) atoms. The van der Waals surface area contributed by atoms with E-state index in [4.69, 9.17) is 23.5 Å². The summed E-state index contributed by atoms with van der Waals surface area (Å²) >= 11 is 0. The van der Waals surface area contributed by atoms with E-state index >= 15 is 0 Å². The average Bonchev–Trinajstić information content (AvgIpc) is 2.78. The fourth-order valence-corrected chi connectivity index (χ4v) is 3.86. The van der Waals surface area contributed by atoms with E-state index in [0.717, 1.165) is 13.0 Å². The first-order chi connectivity index (χ1) is 16.1. The molecule has 0 aromatic carbocycles. The van der Waals surface area contributed by atoms with Crippen molar-refractivity contribution in [2.24, 2.45) is 0 Å². The summed E-state index contributed by atoms with van der Waals surface area (Å²) in [6.45, 7) is 4.78. The second-order valence-corrected chi connectivity index (χ2v) is 10.3. The molecule has 0 saturated heterocycles. The van der Waals surface area contributed by atoms with Gasteiger partial charge in [-0.1, -0.05) is 103 Å². The van der Waals surface area contributed by atoms with Gasteiger partial charge in [0.15, 0.2) is 0 Å². The molecule has 0 bridgehead atoms. The highest BCUT2D eigenvalue weighted by Gasteiger charge is 2.03. The van der Waals surface area contributed by atoms with Gasteiger partial charge in [-0.25, -0.2) is 0 Å². The zero-order valence-electron chi connectivity index (χ0n) is 21.3. The standard InChI is InChI=1S/C25H52O7S/c1-2-3-4-5-6-7-8-9-10-11-12-13-14-15-16-17-18-31-25-32-22-21-29-19-20-30-23-24-33(26,27)28/h2-25H2,1H3,(H,26,27,28). The van der Waals surface area contributed by atoms with Gasteiger partial charge in [0.1, 0.15) is 6.79 Å². The SMILES string of the molecule is CCCCCCCCCCCCCCCCCCOCOCCOCCOCCS(=O)(=O)O. The van der Waals surface area contributed by atoms with Gasteiger partial charge in [0.25, 0.3) is 10.1 Å². The molecule has 0 aliphatic rings. The lowest BCUT2D eigenvalue weighted by atomic mass is 10.0. The predicted molar refractivity (Wildman–Crippen MR) is 134 cm³/mol. The van der Waals surface area contributed by atoms with Crippen molar-refractivity contribution < 1.29 is 31.9 Å². The Labute approximate surface area is 204 Å². The molecule has 0 rings (SSSR count). The van der Waals surface area contributed by atoms with Crippen LogP contribution in [0.2, 0.25) is 0 Å². The predicted octanol–water partition coefficient (Wildman–Crippen LogP) is 6.16. The molecule has 200 valence electrons. The van der Waals surface area contributed by atoms with Crippen molar-refractivity contribution in [1.82, 2.24) is 0 Å². The van der Waals surface area contributed by atoms with Crippen LogP contribution < -0.4 is 0 Å². The molecule has 0 aromatic heterocycles. The third-order valence-corrected chi connectivity index (χ3v) is 6.22. The van der Waals surface area contributed by atoms with Crippen LogP contribution in [-0.4, -0.2) is 65.2 Å². The van der Waals surface area contributed by atoms with Gasteiger partial charge in [-0.2, -0.15) is 8.42 Å². The summed E-state index contributed by atoms with van der Waals surface area (Å²) in [5.74, 6) is -0.396. The second kappa shape index (κ2) is 26.4. The molecule has 0 aromatic rings. The highest BCUT2D eigenvalue weighted by molar-refractivity contribution is 7.85. The normalized spacial score (nSPS) is 11.9. The Kier molecular flexibility index (Phi) is 26.2. The molecule has 7 nitrogen and oxygen atoms in total. The third-order valence-electron chi connectivity index (χ3n) is 5.54. The Hall–Kier alpha value is -0.250. The van der Waals surface area contributed by atoms with Gasteiger partial charge >= 0.3 is 0 Å². The fourth-order valence-electron chi connectivity index (χ4n) is 3.53. The Bertz CT molecular complexity index is 471. The van der Waals surface area contributed by atoms with E-state index in [1.807, 2.05) is 0 Å². The second-order valence-electron chi connectivity index (χ2n) is 8.75. The van der Waals surface area contributed by atoms with Crippen molar-refractivity contribution in [2.45, 2.75) is 110 Å². The topological polar surface area (TPSA) is 91.3 Å². The first-order valence-corrected chi connectivity index (χ1v) is 14.9. The molecular formula is C25H52O7S. The van der Waals surface area contributed by atoms with Gasteiger partial charge in [-0.15, -0.1) is 0 Å². The van der Waals surface area contributed by atoms with Crippen LogP contribution in [-0.2, 0) is 29.1 Å². The summed E-state index contributed by atoms with van der Waals surface area (Å²) in [6.07, 6.45) is 21.8. The molecule has 0 aliphatic carbocycles. The van der Waals surface area contributed by atoms with Crippen molar-refractivity contribution >= 4 is 10.1 Å². The van der Waals surface area contributed by atoms with E-state index in [0.29, 0.717) is 19.8 Å². The van der Waals surface area contributed by atoms with Crippen LogP contribution in [0, 0.1) is 0 Å². The average molecular weight is 497 g/mol. The maximum absolute atomic E-state index is 10.5. The summed E-state index contributed by atoms with van der Waals surface area (Å²) in [7, 11) is -3.95. The van der Waals surface area contributed by atoms with E-state index in [-0.39, 0.29) is 20.0 Å². The van der Waals surface area contributed by atoms with Crippen LogP contribution >= 0.6 is 0 Å². The molecular weight excluding hydrogens is 444 g/mol. The Balaban J connectivity index is 3.04.